The van der Waals surface area contributed by atoms with Crippen LogP contribution in [0.3, 0.4) is 0 Å². The smallest absolute Gasteiger partial charge is 0.214 e. The Labute approximate surface area is 80.0 Å². The first kappa shape index (κ1) is 12.8. The van der Waals surface area contributed by atoms with Gasteiger partial charge >= 0.3 is 0 Å². The average Bonchev–Trinajstić information content (AvgIpc) is 2.01. The lowest BCUT2D eigenvalue weighted by Crippen LogP contribution is -2.33. The van der Waals surface area contributed by atoms with Crippen molar-refractivity contribution in [2.75, 3.05) is 46.6 Å². The number of likely N-dealkylation sites (N-methyl/N-ethyl adjacent to an activating group) is 1. The van der Waals surface area contributed by atoms with Gasteiger partial charge < -0.3 is 10.0 Å². The highest BCUT2D eigenvalue weighted by Gasteiger charge is 2.13. The maximum Gasteiger partial charge on any atom is 0.214 e. The predicted molar refractivity (Wildman–Crippen MR) is 52.1 cm³/mol. The average molecular weight is 210 g/mol. The summed E-state index contributed by atoms with van der Waals surface area (Å²) in [6.45, 7) is 1.00. The first-order valence-corrected chi connectivity index (χ1v) is 5.70. The second-order valence-electron chi connectivity index (χ2n) is 3.13. The van der Waals surface area contributed by atoms with E-state index in [1.165, 1.54) is 18.4 Å². The maximum atomic E-state index is 11.3. The summed E-state index contributed by atoms with van der Waals surface area (Å²) in [6.07, 6.45) is 0. The fraction of sp³-hybridized carbons (Fsp3) is 1.00. The Morgan fingerprint density at radius 3 is 2.08 bits per heavy atom. The van der Waals surface area contributed by atoms with E-state index >= 15 is 0 Å². The van der Waals surface area contributed by atoms with Gasteiger partial charge in [-0.3, -0.25) is 0 Å². The molecule has 0 aromatic heterocycles. The lowest BCUT2D eigenvalue weighted by Gasteiger charge is -2.17. The molecule has 0 bridgehead atoms. The van der Waals surface area contributed by atoms with E-state index in [9.17, 15) is 8.42 Å². The van der Waals surface area contributed by atoms with Crippen LogP contribution in [0.15, 0.2) is 0 Å². The molecule has 5 nitrogen and oxygen atoms in total. The van der Waals surface area contributed by atoms with Crippen molar-refractivity contribution in [3.05, 3.63) is 0 Å². The largest absolute Gasteiger partial charge is 0.395 e. The zero-order valence-electron chi connectivity index (χ0n) is 8.39. The van der Waals surface area contributed by atoms with Crippen molar-refractivity contribution < 1.29 is 13.5 Å². The Balaban J connectivity index is 3.89. The van der Waals surface area contributed by atoms with Gasteiger partial charge in [-0.1, -0.05) is 0 Å². The van der Waals surface area contributed by atoms with Crippen molar-refractivity contribution in [1.29, 1.82) is 0 Å². The molecule has 0 atom stereocenters. The van der Waals surface area contributed by atoms with Crippen molar-refractivity contribution in [2.24, 2.45) is 0 Å². The molecule has 0 aliphatic heterocycles. The maximum absolute atomic E-state index is 11.3. The van der Waals surface area contributed by atoms with Crippen LogP contribution in [-0.2, 0) is 10.0 Å². The third-order valence-electron chi connectivity index (χ3n) is 1.77. The molecule has 80 valence electrons. The SMILES string of the molecule is CN(CCO)CCS(=O)(=O)N(C)C. The van der Waals surface area contributed by atoms with Crippen LogP contribution in [0.1, 0.15) is 0 Å². The highest BCUT2D eigenvalue weighted by Crippen LogP contribution is 1.94. The number of aliphatic hydroxyl groups is 1. The van der Waals surface area contributed by atoms with Crippen LogP contribution in [0.4, 0.5) is 0 Å². The number of rotatable bonds is 6. The summed E-state index contributed by atoms with van der Waals surface area (Å²) < 4.78 is 23.8. The number of aliphatic hydroxyl groups excluding tert-OH is 1. The van der Waals surface area contributed by atoms with E-state index in [-0.39, 0.29) is 12.4 Å². The lowest BCUT2D eigenvalue weighted by molar-refractivity contribution is 0.227. The van der Waals surface area contributed by atoms with Gasteiger partial charge in [0.2, 0.25) is 10.0 Å². The molecular weight excluding hydrogens is 192 g/mol. The zero-order chi connectivity index (χ0) is 10.5. The molecular formula is C7H18N2O3S. The molecule has 0 radical (unpaired) electrons. The first-order valence-electron chi connectivity index (χ1n) is 4.09. The Bertz CT molecular complexity index is 226. The van der Waals surface area contributed by atoms with Crippen LogP contribution in [0, 0.1) is 0 Å². The molecule has 0 spiro atoms. The van der Waals surface area contributed by atoms with Crippen LogP contribution >= 0.6 is 0 Å². The van der Waals surface area contributed by atoms with Gasteiger partial charge in [-0.15, -0.1) is 0 Å². The van der Waals surface area contributed by atoms with Gasteiger partial charge in [-0.05, 0) is 7.05 Å². The van der Waals surface area contributed by atoms with E-state index < -0.39 is 10.0 Å². The molecule has 0 saturated carbocycles. The predicted octanol–water partition coefficient (Wildman–Crippen LogP) is -1.20. The molecule has 0 aromatic carbocycles. The van der Waals surface area contributed by atoms with E-state index in [1.54, 1.807) is 11.9 Å². The first-order chi connectivity index (χ1) is 5.90. The highest BCUT2D eigenvalue weighted by atomic mass is 32.2. The van der Waals surface area contributed by atoms with E-state index in [0.29, 0.717) is 13.1 Å². The molecule has 0 unspecified atom stereocenters. The summed E-state index contributed by atoms with van der Waals surface area (Å²) in [6, 6.07) is 0. The summed E-state index contributed by atoms with van der Waals surface area (Å²) in [4.78, 5) is 1.78. The quantitative estimate of drug-likeness (QED) is 0.598. The topological polar surface area (TPSA) is 60.9 Å². The monoisotopic (exact) mass is 210 g/mol. The van der Waals surface area contributed by atoms with Gasteiger partial charge in [-0.25, -0.2) is 12.7 Å². The molecule has 0 heterocycles. The number of sulfonamides is 1. The third kappa shape index (κ3) is 5.20. The minimum atomic E-state index is -3.10. The number of hydrogen-bond donors (Lipinski definition) is 1. The fourth-order valence-corrected chi connectivity index (χ4v) is 1.64. The minimum absolute atomic E-state index is 0.0541. The minimum Gasteiger partial charge on any atom is -0.395 e. The van der Waals surface area contributed by atoms with Crippen molar-refractivity contribution in [3.8, 4) is 0 Å². The third-order valence-corrected chi connectivity index (χ3v) is 3.58. The molecule has 0 aromatic rings. The van der Waals surface area contributed by atoms with Crippen LogP contribution < -0.4 is 0 Å². The number of hydrogen-bond acceptors (Lipinski definition) is 4. The second-order valence-corrected chi connectivity index (χ2v) is 5.43. The molecule has 1 N–H and O–H groups in total. The zero-order valence-corrected chi connectivity index (χ0v) is 9.21. The van der Waals surface area contributed by atoms with E-state index in [1.807, 2.05) is 0 Å². The van der Waals surface area contributed by atoms with Crippen molar-refractivity contribution in [1.82, 2.24) is 9.21 Å². The van der Waals surface area contributed by atoms with Crippen LogP contribution in [0.2, 0.25) is 0 Å². The van der Waals surface area contributed by atoms with Gasteiger partial charge in [0.05, 0.1) is 12.4 Å². The highest BCUT2D eigenvalue weighted by molar-refractivity contribution is 7.89. The summed E-state index contributed by atoms with van der Waals surface area (Å²) in [7, 11) is 1.71. The Hall–Kier alpha value is -0.170. The van der Waals surface area contributed by atoms with Crippen LogP contribution in [-0.4, -0.2) is 69.3 Å². The van der Waals surface area contributed by atoms with E-state index in [2.05, 4.69) is 0 Å². The lowest BCUT2D eigenvalue weighted by atomic mass is 10.5. The fourth-order valence-electron chi connectivity index (χ4n) is 0.736. The van der Waals surface area contributed by atoms with E-state index in [4.69, 9.17) is 5.11 Å². The summed E-state index contributed by atoms with van der Waals surface area (Å²) in [5.41, 5.74) is 0. The van der Waals surface area contributed by atoms with Crippen molar-refractivity contribution in [3.63, 3.8) is 0 Å². The van der Waals surface area contributed by atoms with Gasteiger partial charge in [0.1, 0.15) is 0 Å². The van der Waals surface area contributed by atoms with Crippen LogP contribution in [0.25, 0.3) is 0 Å². The van der Waals surface area contributed by atoms with Gasteiger partial charge in [-0.2, -0.15) is 0 Å². The Morgan fingerprint density at radius 2 is 1.69 bits per heavy atom. The van der Waals surface area contributed by atoms with Gasteiger partial charge in [0, 0.05) is 27.2 Å². The molecule has 0 fully saturated rings. The standard InChI is InChI=1S/C7H18N2O3S/c1-8(2)13(11,12)7-5-9(3)4-6-10/h10H,4-7H2,1-3H3. The summed E-state index contributed by atoms with van der Waals surface area (Å²) in [5, 5.41) is 8.57. The summed E-state index contributed by atoms with van der Waals surface area (Å²) >= 11 is 0. The Kier molecular flexibility index (Phi) is 5.46. The molecule has 0 aliphatic rings. The molecule has 13 heavy (non-hydrogen) atoms. The van der Waals surface area contributed by atoms with Crippen LogP contribution in [0.5, 0.6) is 0 Å². The number of nitrogens with zero attached hydrogens (tertiary/aromatic N) is 2. The van der Waals surface area contributed by atoms with E-state index in [0.717, 1.165) is 0 Å². The molecule has 0 amide bonds. The molecule has 0 rings (SSSR count). The molecule has 6 heteroatoms. The van der Waals surface area contributed by atoms with Crippen molar-refractivity contribution in [2.45, 2.75) is 0 Å². The molecule has 0 saturated heterocycles. The normalized spacial score (nSPS) is 12.8. The van der Waals surface area contributed by atoms with Gasteiger partial charge in [0.25, 0.3) is 0 Å². The molecule has 0 aliphatic carbocycles. The Morgan fingerprint density at radius 1 is 1.15 bits per heavy atom. The summed E-state index contributed by atoms with van der Waals surface area (Å²) in [5.74, 6) is 0.0937. The van der Waals surface area contributed by atoms with Crippen molar-refractivity contribution >= 4 is 10.0 Å². The van der Waals surface area contributed by atoms with Gasteiger partial charge in [0.15, 0.2) is 0 Å². The second kappa shape index (κ2) is 5.54.